The van der Waals surface area contributed by atoms with E-state index in [1.165, 1.54) is 0 Å². The molecule has 4 heteroatoms. The van der Waals surface area contributed by atoms with Crippen molar-refractivity contribution in [3.63, 3.8) is 0 Å². The first kappa shape index (κ1) is 13.9. The van der Waals surface area contributed by atoms with Crippen LogP contribution in [0.3, 0.4) is 0 Å². The van der Waals surface area contributed by atoms with Crippen molar-refractivity contribution in [2.75, 3.05) is 13.7 Å². The van der Waals surface area contributed by atoms with E-state index in [0.29, 0.717) is 6.61 Å². The van der Waals surface area contributed by atoms with E-state index in [4.69, 9.17) is 9.47 Å². The van der Waals surface area contributed by atoms with E-state index in [-0.39, 0.29) is 12.4 Å². The minimum atomic E-state index is -0.212. The van der Waals surface area contributed by atoms with Crippen LogP contribution in [-0.2, 0) is 16.0 Å². The van der Waals surface area contributed by atoms with Crippen LogP contribution in [0.15, 0.2) is 34.8 Å². The standard InChI is InChI=1S/C15H15BrO3/c1-3-19-14(17)9-11-5-4-10-8-12(18-2)6-7-13(10)15(11)16/h4-8H,3,9H2,1-2H3. The fraction of sp³-hybridized carbons (Fsp3) is 0.267. The molecule has 0 radical (unpaired) electrons. The Bertz CT molecular complexity index is 608. The van der Waals surface area contributed by atoms with Crippen molar-refractivity contribution >= 4 is 32.7 Å². The smallest absolute Gasteiger partial charge is 0.310 e. The van der Waals surface area contributed by atoms with Gasteiger partial charge >= 0.3 is 5.97 Å². The Balaban J connectivity index is 2.37. The van der Waals surface area contributed by atoms with Gasteiger partial charge in [0.1, 0.15) is 5.75 Å². The molecule has 0 aliphatic rings. The second-order valence-electron chi connectivity index (χ2n) is 4.11. The van der Waals surface area contributed by atoms with Crippen LogP contribution in [0.1, 0.15) is 12.5 Å². The van der Waals surface area contributed by atoms with Gasteiger partial charge in [0.15, 0.2) is 0 Å². The summed E-state index contributed by atoms with van der Waals surface area (Å²) >= 11 is 3.56. The van der Waals surface area contributed by atoms with Gasteiger partial charge in [0.2, 0.25) is 0 Å². The van der Waals surface area contributed by atoms with Gasteiger partial charge in [-0.15, -0.1) is 0 Å². The Kier molecular flexibility index (Phi) is 4.43. The van der Waals surface area contributed by atoms with Crippen molar-refractivity contribution in [2.45, 2.75) is 13.3 Å². The van der Waals surface area contributed by atoms with Gasteiger partial charge < -0.3 is 9.47 Å². The van der Waals surface area contributed by atoms with Crippen LogP contribution in [0, 0.1) is 0 Å². The summed E-state index contributed by atoms with van der Waals surface area (Å²) in [5, 5.41) is 2.13. The van der Waals surface area contributed by atoms with Gasteiger partial charge in [-0.1, -0.05) is 12.1 Å². The summed E-state index contributed by atoms with van der Waals surface area (Å²) in [5.41, 5.74) is 0.927. The Morgan fingerprint density at radius 3 is 2.74 bits per heavy atom. The SMILES string of the molecule is CCOC(=O)Cc1ccc2cc(OC)ccc2c1Br. The zero-order valence-corrected chi connectivity index (χ0v) is 12.5. The Labute approximate surface area is 120 Å². The van der Waals surface area contributed by atoms with Gasteiger partial charge in [-0.3, -0.25) is 4.79 Å². The normalized spacial score (nSPS) is 10.5. The molecular formula is C15H15BrO3. The molecule has 2 aromatic carbocycles. The lowest BCUT2D eigenvalue weighted by Gasteiger charge is -2.09. The lowest BCUT2D eigenvalue weighted by atomic mass is 10.0. The maximum absolute atomic E-state index is 11.5. The minimum Gasteiger partial charge on any atom is -0.497 e. The summed E-state index contributed by atoms with van der Waals surface area (Å²) in [6.07, 6.45) is 0.274. The highest BCUT2D eigenvalue weighted by Crippen LogP contribution is 2.30. The molecule has 0 fully saturated rings. The summed E-state index contributed by atoms with van der Waals surface area (Å²) in [6, 6.07) is 9.77. The lowest BCUT2D eigenvalue weighted by molar-refractivity contribution is -0.142. The number of carbonyl (C=O) groups is 1. The first-order chi connectivity index (χ1) is 9.15. The number of esters is 1. The third-order valence-electron chi connectivity index (χ3n) is 2.88. The number of carbonyl (C=O) groups excluding carboxylic acids is 1. The molecule has 0 bridgehead atoms. The molecule has 100 valence electrons. The van der Waals surface area contributed by atoms with E-state index < -0.39 is 0 Å². The summed E-state index contributed by atoms with van der Waals surface area (Å²) < 4.78 is 11.1. The molecule has 0 saturated heterocycles. The van der Waals surface area contributed by atoms with Crippen molar-refractivity contribution in [2.24, 2.45) is 0 Å². The van der Waals surface area contributed by atoms with E-state index in [0.717, 1.165) is 26.6 Å². The number of halogens is 1. The largest absolute Gasteiger partial charge is 0.497 e. The molecule has 2 aromatic rings. The summed E-state index contributed by atoms with van der Waals surface area (Å²) in [6.45, 7) is 2.21. The van der Waals surface area contributed by atoms with Gasteiger partial charge in [-0.05, 0) is 57.4 Å². The second kappa shape index (κ2) is 6.06. The fourth-order valence-corrected chi connectivity index (χ4v) is 2.58. The maximum atomic E-state index is 11.5. The molecule has 0 unspecified atom stereocenters. The molecule has 0 aliphatic heterocycles. The molecule has 2 rings (SSSR count). The van der Waals surface area contributed by atoms with Crippen LogP contribution in [-0.4, -0.2) is 19.7 Å². The van der Waals surface area contributed by atoms with Crippen molar-refractivity contribution in [1.82, 2.24) is 0 Å². The molecule has 19 heavy (non-hydrogen) atoms. The van der Waals surface area contributed by atoms with Crippen LogP contribution < -0.4 is 4.74 Å². The highest BCUT2D eigenvalue weighted by Gasteiger charge is 2.10. The van der Waals surface area contributed by atoms with E-state index in [9.17, 15) is 4.79 Å². The van der Waals surface area contributed by atoms with Crippen LogP contribution in [0.25, 0.3) is 10.8 Å². The monoisotopic (exact) mass is 322 g/mol. The Morgan fingerprint density at radius 2 is 2.05 bits per heavy atom. The Hall–Kier alpha value is -1.55. The van der Waals surface area contributed by atoms with Gasteiger partial charge in [-0.2, -0.15) is 0 Å². The molecule has 0 N–H and O–H groups in total. The molecule has 3 nitrogen and oxygen atoms in total. The first-order valence-corrected chi connectivity index (χ1v) is 6.85. The number of hydrogen-bond acceptors (Lipinski definition) is 3. The average molecular weight is 323 g/mol. The predicted molar refractivity (Wildman–Crippen MR) is 78.5 cm³/mol. The number of methoxy groups -OCH3 is 1. The van der Waals surface area contributed by atoms with Crippen LogP contribution in [0.2, 0.25) is 0 Å². The van der Waals surface area contributed by atoms with Gasteiger partial charge in [0.05, 0.1) is 20.1 Å². The number of fused-ring (bicyclic) bond motifs is 1. The quantitative estimate of drug-likeness (QED) is 0.805. The third kappa shape index (κ3) is 3.07. The van der Waals surface area contributed by atoms with E-state index in [1.807, 2.05) is 30.3 Å². The lowest BCUT2D eigenvalue weighted by Crippen LogP contribution is -2.07. The van der Waals surface area contributed by atoms with Gasteiger partial charge in [0.25, 0.3) is 0 Å². The van der Waals surface area contributed by atoms with E-state index in [2.05, 4.69) is 15.9 Å². The first-order valence-electron chi connectivity index (χ1n) is 6.06. The zero-order valence-electron chi connectivity index (χ0n) is 10.9. The van der Waals surface area contributed by atoms with E-state index in [1.54, 1.807) is 14.0 Å². The number of benzene rings is 2. The van der Waals surface area contributed by atoms with Crippen molar-refractivity contribution in [3.8, 4) is 5.75 Å². The van der Waals surface area contributed by atoms with Crippen molar-refractivity contribution < 1.29 is 14.3 Å². The van der Waals surface area contributed by atoms with E-state index >= 15 is 0 Å². The third-order valence-corrected chi connectivity index (χ3v) is 3.82. The predicted octanol–water partition coefficient (Wildman–Crippen LogP) is 3.72. The molecule has 0 heterocycles. The molecule has 0 spiro atoms. The molecular weight excluding hydrogens is 308 g/mol. The average Bonchev–Trinajstić information content (AvgIpc) is 2.42. The zero-order chi connectivity index (χ0) is 13.8. The summed E-state index contributed by atoms with van der Waals surface area (Å²) in [4.78, 5) is 11.5. The van der Waals surface area contributed by atoms with Crippen LogP contribution in [0.5, 0.6) is 5.75 Å². The minimum absolute atomic E-state index is 0.212. The molecule has 0 aliphatic carbocycles. The topological polar surface area (TPSA) is 35.5 Å². The van der Waals surface area contributed by atoms with Gasteiger partial charge in [0, 0.05) is 4.47 Å². The molecule has 0 amide bonds. The fourth-order valence-electron chi connectivity index (χ4n) is 1.95. The maximum Gasteiger partial charge on any atom is 0.310 e. The highest BCUT2D eigenvalue weighted by molar-refractivity contribution is 9.10. The number of ether oxygens (including phenoxy) is 2. The summed E-state index contributed by atoms with van der Waals surface area (Å²) in [5.74, 6) is 0.605. The number of rotatable bonds is 4. The molecule has 0 atom stereocenters. The Morgan fingerprint density at radius 1 is 1.26 bits per heavy atom. The van der Waals surface area contributed by atoms with Gasteiger partial charge in [-0.25, -0.2) is 0 Å². The highest BCUT2D eigenvalue weighted by atomic mass is 79.9. The van der Waals surface area contributed by atoms with Crippen LogP contribution >= 0.6 is 15.9 Å². The second-order valence-corrected chi connectivity index (χ2v) is 4.90. The van der Waals surface area contributed by atoms with Crippen LogP contribution in [0.4, 0.5) is 0 Å². The molecule has 0 saturated carbocycles. The number of hydrogen-bond donors (Lipinski definition) is 0. The van der Waals surface area contributed by atoms with Crippen molar-refractivity contribution in [3.05, 3.63) is 40.4 Å². The van der Waals surface area contributed by atoms with Crippen molar-refractivity contribution in [1.29, 1.82) is 0 Å². The summed E-state index contributed by atoms with van der Waals surface area (Å²) in [7, 11) is 1.64. The molecule has 0 aromatic heterocycles.